The molecular weight excluding hydrogens is 288 g/mol. The van der Waals surface area contributed by atoms with Gasteiger partial charge >= 0.3 is 5.97 Å². The van der Waals surface area contributed by atoms with Crippen LogP contribution < -0.4 is 0 Å². The Balaban J connectivity index is 2.83. The summed E-state index contributed by atoms with van der Waals surface area (Å²) in [5, 5.41) is 0. The summed E-state index contributed by atoms with van der Waals surface area (Å²) in [4.78, 5) is 23.8. The number of rotatable bonds is 3. The summed E-state index contributed by atoms with van der Waals surface area (Å²) in [7, 11) is 1.33. The molecule has 0 fully saturated rings. The van der Waals surface area contributed by atoms with Crippen LogP contribution >= 0.6 is 0 Å². The fourth-order valence-electron chi connectivity index (χ4n) is 2.76. The summed E-state index contributed by atoms with van der Waals surface area (Å²) in [6, 6.07) is 0. The Hall–Kier alpha value is -2.42. The second kappa shape index (κ2) is 6.78. The van der Waals surface area contributed by atoms with Gasteiger partial charge in [-0.25, -0.2) is 4.79 Å². The Morgan fingerprint density at radius 2 is 1.74 bits per heavy atom. The summed E-state index contributed by atoms with van der Waals surface area (Å²) in [6.07, 6.45) is 10.4. The number of allylic oxidation sites excluding steroid dienone is 10. The quantitative estimate of drug-likeness (QED) is 0.584. The number of hydrogen-bond donors (Lipinski definition) is 0. The van der Waals surface area contributed by atoms with Crippen LogP contribution in [0.15, 0.2) is 69.4 Å². The maximum atomic E-state index is 12.3. The van der Waals surface area contributed by atoms with E-state index in [2.05, 4.69) is 26.0 Å². The van der Waals surface area contributed by atoms with Crippen molar-refractivity contribution in [3.63, 3.8) is 0 Å². The number of esters is 1. The molecule has 0 aromatic carbocycles. The van der Waals surface area contributed by atoms with Gasteiger partial charge in [0.2, 0.25) is 0 Å². The van der Waals surface area contributed by atoms with Crippen LogP contribution in [0.25, 0.3) is 0 Å². The maximum absolute atomic E-state index is 12.3. The molecule has 0 radical (unpaired) electrons. The molecule has 0 saturated carbocycles. The van der Waals surface area contributed by atoms with Crippen molar-refractivity contribution in [3.8, 4) is 0 Å². The normalized spacial score (nSPS) is 17.9. The molecular formula is C20H22O3. The van der Waals surface area contributed by atoms with Crippen LogP contribution in [-0.2, 0) is 14.3 Å². The molecule has 23 heavy (non-hydrogen) atoms. The van der Waals surface area contributed by atoms with Gasteiger partial charge in [-0.1, -0.05) is 44.2 Å². The fourth-order valence-corrected chi connectivity index (χ4v) is 2.76. The fraction of sp³-hybridized carbons (Fsp3) is 0.300. The summed E-state index contributed by atoms with van der Waals surface area (Å²) >= 11 is 0. The van der Waals surface area contributed by atoms with Crippen molar-refractivity contribution in [2.24, 2.45) is 5.92 Å². The minimum Gasteiger partial charge on any atom is -0.465 e. The van der Waals surface area contributed by atoms with Gasteiger partial charge in [0.25, 0.3) is 0 Å². The zero-order chi connectivity index (χ0) is 17.1. The van der Waals surface area contributed by atoms with Gasteiger partial charge in [0, 0.05) is 11.1 Å². The molecule has 0 aromatic heterocycles. The van der Waals surface area contributed by atoms with Gasteiger partial charge in [-0.3, -0.25) is 4.79 Å². The Morgan fingerprint density at radius 3 is 2.30 bits per heavy atom. The molecule has 0 amide bonds. The van der Waals surface area contributed by atoms with E-state index in [0.29, 0.717) is 23.4 Å². The first-order valence-corrected chi connectivity index (χ1v) is 7.68. The van der Waals surface area contributed by atoms with E-state index < -0.39 is 5.97 Å². The minimum atomic E-state index is -0.493. The van der Waals surface area contributed by atoms with Crippen molar-refractivity contribution in [1.82, 2.24) is 0 Å². The lowest BCUT2D eigenvalue weighted by Crippen LogP contribution is -2.12. The molecule has 120 valence electrons. The van der Waals surface area contributed by atoms with Crippen LogP contribution in [0.5, 0.6) is 0 Å². The van der Waals surface area contributed by atoms with Gasteiger partial charge in [0.05, 0.1) is 12.7 Å². The average molecular weight is 310 g/mol. The summed E-state index contributed by atoms with van der Waals surface area (Å²) in [5.74, 6) is -0.130. The molecule has 3 nitrogen and oxygen atoms in total. The van der Waals surface area contributed by atoms with E-state index in [1.54, 1.807) is 6.08 Å². The third-order valence-corrected chi connectivity index (χ3v) is 4.16. The number of methoxy groups -OCH3 is 1. The van der Waals surface area contributed by atoms with Crippen molar-refractivity contribution in [1.29, 1.82) is 0 Å². The van der Waals surface area contributed by atoms with E-state index >= 15 is 0 Å². The van der Waals surface area contributed by atoms with Gasteiger partial charge in [0.1, 0.15) is 0 Å². The molecule has 0 aliphatic heterocycles. The van der Waals surface area contributed by atoms with Gasteiger partial charge in [-0.05, 0) is 42.1 Å². The highest BCUT2D eigenvalue weighted by molar-refractivity contribution is 6.03. The zero-order valence-electron chi connectivity index (χ0n) is 14.3. The summed E-state index contributed by atoms with van der Waals surface area (Å²) < 4.78 is 4.93. The third-order valence-electron chi connectivity index (χ3n) is 4.16. The molecule has 2 aliphatic rings. The summed E-state index contributed by atoms with van der Waals surface area (Å²) in [5.41, 5.74) is 5.54. The smallest absolute Gasteiger partial charge is 0.339 e. The minimum absolute atomic E-state index is 0.328. The highest BCUT2D eigenvalue weighted by Gasteiger charge is 2.26. The molecule has 0 N–H and O–H groups in total. The highest BCUT2D eigenvalue weighted by atomic mass is 16.5. The summed E-state index contributed by atoms with van der Waals surface area (Å²) in [6.45, 7) is 8.20. The molecule has 3 heteroatoms. The number of fused-ring (bicyclic) bond motifs is 1. The third kappa shape index (κ3) is 3.19. The van der Waals surface area contributed by atoms with Crippen molar-refractivity contribution in [3.05, 3.63) is 69.4 Å². The molecule has 0 bridgehead atoms. The van der Waals surface area contributed by atoms with Crippen LogP contribution in [0.4, 0.5) is 0 Å². The zero-order valence-corrected chi connectivity index (χ0v) is 14.3. The Bertz CT molecular complexity index is 735. The Labute approximate surface area is 137 Å². The molecule has 0 unspecified atom stereocenters. The number of carbonyl (C=O) groups is 2. The van der Waals surface area contributed by atoms with Crippen LogP contribution in [-0.4, -0.2) is 19.4 Å². The molecule has 0 aromatic rings. The lowest BCUT2D eigenvalue weighted by Gasteiger charge is -2.15. The van der Waals surface area contributed by atoms with E-state index in [0.717, 1.165) is 22.3 Å². The van der Waals surface area contributed by atoms with Crippen molar-refractivity contribution < 1.29 is 14.3 Å². The predicted molar refractivity (Wildman–Crippen MR) is 91.7 cm³/mol. The Morgan fingerprint density at radius 1 is 1.09 bits per heavy atom. The number of carbonyl (C=O) groups excluding carboxylic acids is 2. The molecule has 0 heterocycles. The van der Waals surface area contributed by atoms with E-state index in [9.17, 15) is 9.59 Å². The Kier molecular flexibility index (Phi) is 4.99. The van der Waals surface area contributed by atoms with Gasteiger partial charge in [-0.15, -0.1) is 0 Å². The first-order chi connectivity index (χ1) is 10.9. The largest absolute Gasteiger partial charge is 0.465 e. The van der Waals surface area contributed by atoms with Gasteiger partial charge in [0.15, 0.2) is 6.29 Å². The van der Waals surface area contributed by atoms with Gasteiger partial charge < -0.3 is 4.74 Å². The number of ether oxygens (including phenoxy) is 1. The topological polar surface area (TPSA) is 43.4 Å². The van der Waals surface area contributed by atoms with Crippen LogP contribution in [0, 0.1) is 5.92 Å². The first-order valence-electron chi connectivity index (χ1n) is 7.68. The molecule has 2 aliphatic carbocycles. The second-order valence-corrected chi connectivity index (χ2v) is 6.06. The lowest BCUT2D eigenvalue weighted by atomic mass is 9.89. The molecule has 0 atom stereocenters. The van der Waals surface area contributed by atoms with Gasteiger partial charge in [-0.2, -0.15) is 0 Å². The SMILES string of the molecule is COC(=O)C1=C(C=O)C=CC(C)=C2C=C(C(C)C)C=CC(C)=C21. The number of aldehydes is 1. The molecule has 2 rings (SSSR count). The van der Waals surface area contributed by atoms with Crippen molar-refractivity contribution in [2.75, 3.05) is 7.11 Å². The standard InChI is InChI=1S/C20H22O3/c1-12(2)15-8-7-14(4)18-17(10-15)13(3)6-9-16(11-21)19(18)20(22)23-5/h6-12H,1-5H3. The van der Waals surface area contributed by atoms with Crippen molar-refractivity contribution >= 4 is 12.3 Å². The molecule has 0 saturated heterocycles. The van der Waals surface area contributed by atoms with Crippen LogP contribution in [0.1, 0.15) is 27.7 Å². The monoisotopic (exact) mass is 310 g/mol. The van der Waals surface area contributed by atoms with E-state index in [4.69, 9.17) is 4.74 Å². The van der Waals surface area contributed by atoms with Crippen molar-refractivity contribution in [2.45, 2.75) is 27.7 Å². The maximum Gasteiger partial charge on any atom is 0.339 e. The molecule has 0 spiro atoms. The van der Waals surface area contributed by atoms with Crippen LogP contribution in [0.2, 0.25) is 0 Å². The van der Waals surface area contributed by atoms with E-state index in [1.165, 1.54) is 12.7 Å². The van der Waals surface area contributed by atoms with Crippen LogP contribution in [0.3, 0.4) is 0 Å². The lowest BCUT2D eigenvalue weighted by molar-refractivity contribution is -0.136. The van der Waals surface area contributed by atoms with E-state index in [1.807, 2.05) is 26.0 Å². The van der Waals surface area contributed by atoms with E-state index in [-0.39, 0.29) is 0 Å². The predicted octanol–water partition coefficient (Wildman–Crippen LogP) is 4.01. The average Bonchev–Trinajstić information content (AvgIpc) is 2.78. The second-order valence-electron chi connectivity index (χ2n) is 6.06. The first kappa shape index (κ1) is 16.9. The number of hydrogen-bond acceptors (Lipinski definition) is 3. The highest BCUT2D eigenvalue weighted by Crippen LogP contribution is 2.36.